The van der Waals surface area contributed by atoms with Crippen LogP contribution in [0.1, 0.15) is 24.6 Å². The third-order valence-electron chi connectivity index (χ3n) is 4.85. The molecule has 0 unspecified atom stereocenters. The number of aromatic nitrogens is 3. The lowest BCUT2D eigenvalue weighted by Gasteiger charge is -2.31. The van der Waals surface area contributed by atoms with Crippen LogP contribution in [0.5, 0.6) is 5.75 Å². The number of halogens is 2. The third kappa shape index (κ3) is 3.80. The van der Waals surface area contributed by atoms with E-state index in [0.29, 0.717) is 28.3 Å². The van der Waals surface area contributed by atoms with E-state index in [0.717, 1.165) is 43.9 Å². The lowest BCUT2D eigenvalue weighted by atomic mass is 9.96. The minimum atomic E-state index is 0.451. The molecule has 0 saturated carbocycles. The van der Waals surface area contributed by atoms with Crippen molar-refractivity contribution in [1.29, 1.82) is 0 Å². The highest BCUT2D eigenvalue weighted by Crippen LogP contribution is 2.29. The molecule has 3 aromatic rings. The molecule has 7 heteroatoms. The van der Waals surface area contributed by atoms with Crippen LogP contribution in [0.15, 0.2) is 42.6 Å². The predicted octanol–water partition coefficient (Wildman–Crippen LogP) is 4.29. The zero-order valence-corrected chi connectivity index (χ0v) is 15.8. The fourth-order valence-corrected chi connectivity index (χ4v) is 3.76. The van der Waals surface area contributed by atoms with E-state index in [4.69, 9.17) is 27.9 Å². The Morgan fingerprint density at radius 2 is 1.92 bits per heavy atom. The molecule has 4 rings (SSSR count). The number of hydrogen-bond acceptors (Lipinski definition) is 4. The Morgan fingerprint density at radius 1 is 1.08 bits per heavy atom. The Kier molecular flexibility index (Phi) is 5.29. The molecule has 0 radical (unpaired) electrons. The van der Waals surface area contributed by atoms with Gasteiger partial charge in [-0.25, -0.2) is 0 Å². The number of hydrogen-bond donors (Lipinski definition) is 0. The monoisotopic (exact) mass is 390 g/mol. The molecule has 0 amide bonds. The van der Waals surface area contributed by atoms with Crippen molar-refractivity contribution in [3.63, 3.8) is 0 Å². The molecule has 0 bridgehead atoms. The van der Waals surface area contributed by atoms with Gasteiger partial charge in [-0.3, -0.25) is 9.30 Å². The van der Waals surface area contributed by atoms with Gasteiger partial charge in [-0.05, 0) is 50.2 Å². The van der Waals surface area contributed by atoms with Crippen LogP contribution in [0.25, 0.3) is 5.65 Å². The van der Waals surface area contributed by atoms with E-state index < -0.39 is 0 Å². The molecule has 0 atom stereocenters. The molecule has 5 nitrogen and oxygen atoms in total. The first kappa shape index (κ1) is 17.6. The minimum absolute atomic E-state index is 0.451. The lowest BCUT2D eigenvalue weighted by Crippen LogP contribution is -2.36. The summed E-state index contributed by atoms with van der Waals surface area (Å²) in [5.74, 6) is 2.16. The van der Waals surface area contributed by atoms with E-state index in [9.17, 15) is 0 Å². The van der Waals surface area contributed by atoms with E-state index >= 15 is 0 Å². The highest BCUT2D eigenvalue weighted by atomic mass is 35.5. The second-order valence-corrected chi connectivity index (χ2v) is 7.37. The maximum atomic E-state index is 6.13. The zero-order valence-electron chi connectivity index (χ0n) is 14.3. The van der Waals surface area contributed by atoms with Crippen molar-refractivity contribution >= 4 is 28.8 Å². The van der Waals surface area contributed by atoms with Gasteiger partial charge in [0.05, 0.1) is 5.02 Å². The normalized spacial score (nSPS) is 16.2. The molecular formula is C19H20Cl2N4O. The zero-order chi connectivity index (χ0) is 17.9. The third-order valence-corrected chi connectivity index (χ3v) is 5.40. The molecular weight excluding hydrogens is 371 g/mol. The smallest absolute Gasteiger partial charge is 0.160 e. The van der Waals surface area contributed by atoms with Gasteiger partial charge < -0.3 is 4.74 Å². The van der Waals surface area contributed by atoms with Gasteiger partial charge >= 0.3 is 0 Å². The van der Waals surface area contributed by atoms with E-state index in [1.807, 2.05) is 24.4 Å². The first-order chi connectivity index (χ1) is 12.7. The van der Waals surface area contributed by atoms with Crippen molar-refractivity contribution < 1.29 is 4.74 Å². The standard InChI is InChI=1S/C19H20Cl2N4O/c20-15-4-5-16(21)17(13-15)26-12-11-24-9-6-14(7-10-24)19-23-22-18-3-1-2-8-25(18)19/h1-5,8,13-14H,6-7,9-12H2. The number of pyridine rings is 1. The van der Waals surface area contributed by atoms with Crippen LogP contribution in [0.3, 0.4) is 0 Å². The summed E-state index contributed by atoms with van der Waals surface area (Å²) in [6, 6.07) is 11.3. The van der Waals surface area contributed by atoms with Gasteiger partial charge in [0, 0.05) is 29.7 Å². The first-order valence-electron chi connectivity index (χ1n) is 8.80. The van der Waals surface area contributed by atoms with Crippen molar-refractivity contribution in [1.82, 2.24) is 19.5 Å². The van der Waals surface area contributed by atoms with Crippen molar-refractivity contribution in [2.45, 2.75) is 18.8 Å². The van der Waals surface area contributed by atoms with Crippen LogP contribution in [0.4, 0.5) is 0 Å². The van der Waals surface area contributed by atoms with Crippen LogP contribution in [0, 0.1) is 0 Å². The number of nitrogens with zero attached hydrogens (tertiary/aromatic N) is 4. The van der Waals surface area contributed by atoms with Gasteiger partial charge in [-0.15, -0.1) is 10.2 Å². The van der Waals surface area contributed by atoms with Crippen molar-refractivity contribution in [3.8, 4) is 5.75 Å². The molecule has 1 aliphatic heterocycles. The van der Waals surface area contributed by atoms with Gasteiger partial charge in [-0.2, -0.15) is 0 Å². The van der Waals surface area contributed by atoms with Crippen LogP contribution in [-0.2, 0) is 0 Å². The average molecular weight is 391 g/mol. The maximum absolute atomic E-state index is 6.13. The van der Waals surface area contributed by atoms with Crippen LogP contribution < -0.4 is 4.74 Å². The molecule has 26 heavy (non-hydrogen) atoms. The van der Waals surface area contributed by atoms with E-state index in [1.54, 1.807) is 18.2 Å². The maximum Gasteiger partial charge on any atom is 0.160 e. The van der Waals surface area contributed by atoms with Gasteiger partial charge in [0.2, 0.25) is 0 Å². The number of fused-ring (bicyclic) bond motifs is 1. The Bertz CT molecular complexity index is 890. The van der Waals surface area contributed by atoms with Crippen molar-refractivity contribution in [3.05, 3.63) is 58.5 Å². The Hall–Kier alpha value is -1.82. The van der Waals surface area contributed by atoms with Gasteiger partial charge in [0.1, 0.15) is 18.2 Å². The second kappa shape index (κ2) is 7.82. The molecule has 0 N–H and O–H groups in total. The minimum Gasteiger partial charge on any atom is -0.491 e. The number of benzene rings is 1. The van der Waals surface area contributed by atoms with Gasteiger partial charge in [0.25, 0.3) is 0 Å². The predicted molar refractivity (Wildman–Crippen MR) is 103 cm³/mol. The Balaban J connectivity index is 1.29. The highest BCUT2D eigenvalue weighted by molar-refractivity contribution is 6.34. The summed E-state index contributed by atoms with van der Waals surface area (Å²) in [5, 5.41) is 9.89. The fraction of sp³-hybridized carbons (Fsp3) is 0.368. The number of rotatable bonds is 5. The highest BCUT2D eigenvalue weighted by Gasteiger charge is 2.24. The van der Waals surface area contributed by atoms with Gasteiger partial charge in [-0.1, -0.05) is 29.3 Å². The van der Waals surface area contributed by atoms with E-state index in [2.05, 4.69) is 19.5 Å². The summed E-state index contributed by atoms with van der Waals surface area (Å²) in [6.45, 7) is 3.52. The van der Waals surface area contributed by atoms with E-state index in [1.165, 1.54) is 0 Å². The lowest BCUT2D eigenvalue weighted by molar-refractivity contribution is 0.171. The fourth-order valence-electron chi connectivity index (χ4n) is 3.43. The molecule has 1 aromatic carbocycles. The molecule has 1 fully saturated rings. The topological polar surface area (TPSA) is 42.7 Å². The Labute approximate surface area is 162 Å². The molecule has 1 saturated heterocycles. The van der Waals surface area contributed by atoms with Gasteiger partial charge in [0.15, 0.2) is 5.65 Å². The summed E-state index contributed by atoms with van der Waals surface area (Å²) in [5.41, 5.74) is 0.914. The number of likely N-dealkylation sites (tertiary alicyclic amines) is 1. The quantitative estimate of drug-likeness (QED) is 0.651. The second-order valence-electron chi connectivity index (χ2n) is 6.53. The largest absolute Gasteiger partial charge is 0.491 e. The number of piperidine rings is 1. The summed E-state index contributed by atoms with van der Waals surface area (Å²) in [6.07, 6.45) is 4.20. The molecule has 0 aliphatic carbocycles. The van der Waals surface area contributed by atoms with Crippen molar-refractivity contribution in [2.24, 2.45) is 0 Å². The van der Waals surface area contributed by atoms with Crippen LogP contribution in [-0.4, -0.2) is 45.7 Å². The van der Waals surface area contributed by atoms with E-state index in [-0.39, 0.29) is 0 Å². The van der Waals surface area contributed by atoms with Crippen LogP contribution >= 0.6 is 23.2 Å². The molecule has 136 valence electrons. The molecule has 1 aliphatic rings. The van der Waals surface area contributed by atoms with Crippen molar-refractivity contribution in [2.75, 3.05) is 26.2 Å². The average Bonchev–Trinajstić information content (AvgIpc) is 3.09. The summed E-state index contributed by atoms with van der Waals surface area (Å²) in [4.78, 5) is 2.41. The summed E-state index contributed by atoms with van der Waals surface area (Å²) < 4.78 is 7.89. The number of ether oxygens (including phenoxy) is 1. The molecule has 0 spiro atoms. The summed E-state index contributed by atoms with van der Waals surface area (Å²) in [7, 11) is 0. The first-order valence-corrected chi connectivity index (χ1v) is 9.56. The molecule has 2 aromatic heterocycles. The van der Waals surface area contributed by atoms with Crippen LogP contribution in [0.2, 0.25) is 10.0 Å². The SMILES string of the molecule is Clc1ccc(Cl)c(OCCN2CCC(c3nnc4ccccn34)CC2)c1. The summed E-state index contributed by atoms with van der Waals surface area (Å²) >= 11 is 12.1. The Morgan fingerprint density at radius 3 is 2.77 bits per heavy atom. The molecule has 3 heterocycles.